The fraction of sp³-hybridized carbons (Fsp3) is 0.125. The van der Waals surface area contributed by atoms with Gasteiger partial charge in [0.05, 0.1) is 11.9 Å². The van der Waals surface area contributed by atoms with Gasteiger partial charge >= 0.3 is 5.97 Å². The highest BCUT2D eigenvalue weighted by molar-refractivity contribution is 5.95. The molecule has 3 rings (SSSR count). The van der Waals surface area contributed by atoms with Gasteiger partial charge in [0.25, 0.3) is 0 Å². The number of benzene rings is 2. The molecule has 2 N–H and O–H groups in total. The first kappa shape index (κ1) is 12.4. The van der Waals surface area contributed by atoms with Crippen molar-refractivity contribution >= 4 is 16.7 Å². The average molecular weight is 266 g/mol. The number of carboxylic acids is 1. The van der Waals surface area contributed by atoms with Crippen molar-refractivity contribution in [3.05, 3.63) is 54.5 Å². The van der Waals surface area contributed by atoms with Gasteiger partial charge < -0.3 is 10.1 Å². The highest BCUT2D eigenvalue weighted by Crippen LogP contribution is 2.28. The predicted octanol–water partition coefficient (Wildman–Crippen LogP) is 3.42. The van der Waals surface area contributed by atoms with Crippen molar-refractivity contribution < 1.29 is 9.90 Å². The van der Waals surface area contributed by atoms with Crippen LogP contribution in [0.1, 0.15) is 18.7 Å². The molecular formula is C16H14N2O2. The third-order valence-corrected chi connectivity index (χ3v) is 3.46. The Morgan fingerprint density at radius 2 is 1.95 bits per heavy atom. The highest BCUT2D eigenvalue weighted by atomic mass is 16.4. The summed E-state index contributed by atoms with van der Waals surface area (Å²) in [7, 11) is 0. The summed E-state index contributed by atoms with van der Waals surface area (Å²) in [4.78, 5) is 18.3. The van der Waals surface area contributed by atoms with Gasteiger partial charge in [0.1, 0.15) is 11.7 Å². The van der Waals surface area contributed by atoms with E-state index in [4.69, 9.17) is 5.11 Å². The Morgan fingerprint density at radius 3 is 2.75 bits per heavy atom. The lowest BCUT2D eigenvalue weighted by Crippen LogP contribution is -2.08. The van der Waals surface area contributed by atoms with Gasteiger partial charge in [-0.1, -0.05) is 42.5 Å². The summed E-state index contributed by atoms with van der Waals surface area (Å²) in [6.07, 6.45) is 1.69. The Morgan fingerprint density at radius 1 is 1.20 bits per heavy atom. The predicted molar refractivity (Wildman–Crippen MR) is 77.6 cm³/mol. The van der Waals surface area contributed by atoms with E-state index in [1.54, 1.807) is 13.1 Å². The zero-order valence-corrected chi connectivity index (χ0v) is 11.0. The summed E-state index contributed by atoms with van der Waals surface area (Å²) >= 11 is 0. The number of aromatic amines is 1. The zero-order valence-electron chi connectivity index (χ0n) is 11.0. The number of nitrogens with zero attached hydrogens (tertiary/aromatic N) is 1. The summed E-state index contributed by atoms with van der Waals surface area (Å²) in [5.41, 5.74) is 1.87. The van der Waals surface area contributed by atoms with Crippen LogP contribution in [0.25, 0.3) is 22.0 Å². The van der Waals surface area contributed by atoms with Gasteiger partial charge in [0.2, 0.25) is 0 Å². The number of H-pyrrole nitrogens is 1. The summed E-state index contributed by atoms with van der Waals surface area (Å²) < 4.78 is 0. The fourth-order valence-corrected chi connectivity index (χ4v) is 2.27. The van der Waals surface area contributed by atoms with Crippen LogP contribution in [0, 0.1) is 0 Å². The van der Waals surface area contributed by atoms with Gasteiger partial charge in [0.15, 0.2) is 0 Å². The Kier molecular flexibility index (Phi) is 2.99. The molecule has 0 amide bonds. The number of fused-ring (bicyclic) bond motifs is 1. The van der Waals surface area contributed by atoms with Gasteiger partial charge in [-0.3, -0.25) is 4.79 Å². The van der Waals surface area contributed by atoms with E-state index in [1.807, 2.05) is 30.3 Å². The van der Waals surface area contributed by atoms with Crippen molar-refractivity contribution in [3.63, 3.8) is 0 Å². The van der Waals surface area contributed by atoms with Crippen molar-refractivity contribution in [1.82, 2.24) is 9.97 Å². The fourth-order valence-electron chi connectivity index (χ4n) is 2.27. The second-order valence-corrected chi connectivity index (χ2v) is 4.77. The Balaban J connectivity index is 2.10. The summed E-state index contributed by atoms with van der Waals surface area (Å²) in [5, 5.41) is 11.3. The molecule has 4 nitrogen and oxygen atoms in total. The molecule has 100 valence electrons. The lowest BCUT2D eigenvalue weighted by Gasteiger charge is -2.05. The van der Waals surface area contributed by atoms with Crippen LogP contribution in [0.2, 0.25) is 0 Å². The van der Waals surface area contributed by atoms with E-state index in [2.05, 4.69) is 22.1 Å². The Bertz CT molecular complexity index is 772. The average Bonchev–Trinajstić information content (AvgIpc) is 2.95. The topological polar surface area (TPSA) is 66.0 Å². The van der Waals surface area contributed by atoms with Crippen LogP contribution in [0.15, 0.2) is 48.7 Å². The first-order valence-electron chi connectivity index (χ1n) is 6.42. The Labute approximate surface area is 116 Å². The SMILES string of the molecule is CC(C(=O)O)c1ncc(-c2cccc3ccccc23)[nH]1. The molecule has 2 aromatic carbocycles. The van der Waals surface area contributed by atoms with Crippen LogP contribution in [-0.2, 0) is 4.79 Å². The molecule has 0 radical (unpaired) electrons. The minimum atomic E-state index is -0.885. The van der Waals surface area contributed by atoms with Crippen molar-refractivity contribution in [2.75, 3.05) is 0 Å². The number of imidazole rings is 1. The van der Waals surface area contributed by atoms with Gasteiger partial charge in [-0.25, -0.2) is 4.98 Å². The van der Waals surface area contributed by atoms with Gasteiger partial charge in [-0.15, -0.1) is 0 Å². The maximum atomic E-state index is 11.0. The molecule has 3 aromatic rings. The number of aromatic nitrogens is 2. The normalized spacial score (nSPS) is 12.4. The molecule has 0 fully saturated rings. The van der Waals surface area contributed by atoms with Crippen LogP contribution >= 0.6 is 0 Å². The van der Waals surface area contributed by atoms with Crippen molar-refractivity contribution in [2.24, 2.45) is 0 Å². The molecule has 4 heteroatoms. The van der Waals surface area contributed by atoms with E-state index in [0.717, 1.165) is 22.0 Å². The number of aliphatic carboxylic acids is 1. The summed E-state index contributed by atoms with van der Waals surface area (Å²) in [5.74, 6) is -1.05. The monoisotopic (exact) mass is 266 g/mol. The highest BCUT2D eigenvalue weighted by Gasteiger charge is 2.17. The number of rotatable bonds is 3. The van der Waals surface area contributed by atoms with E-state index in [1.165, 1.54) is 0 Å². The third kappa shape index (κ3) is 2.05. The molecular weight excluding hydrogens is 252 g/mol. The van der Waals surface area contributed by atoms with Crippen LogP contribution in [0.5, 0.6) is 0 Å². The van der Waals surface area contributed by atoms with E-state index < -0.39 is 11.9 Å². The molecule has 0 aliphatic heterocycles. The van der Waals surface area contributed by atoms with Gasteiger partial charge in [-0.2, -0.15) is 0 Å². The molecule has 1 atom stereocenters. The number of carbonyl (C=O) groups is 1. The molecule has 1 heterocycles. The summed E-state index contributed by atoms with van der Waals surface area (Å²) in [6, 6.07) is 14.1. The molecule has 0 saturated carbocycles. The van der Waals surface area contributed by atoms with E-state index in [0.29, 0.717) is 5.82 Å². The number of nitrogens with one attached hydrogen (secondary N) is 1. The molecule has 0 bridgehead atoms. The molecule has 0 saturated heterocycles. The van der Waals surface area contributed by atoms with Crippen molar-refractivity contribution in [2.45, 2.75) is 12.8 Å². The van der Waals surface area contributed by atoms with Crippen LogP contribution in [0.4, 0.5) is 0 Å². The molecule has 1 unspecified atom stereocenters. The second kappa shape index (κ2) is 4.81. The third-order valence-electron chi connectivity index (χ3n) is 3.46. The smallest absolute Gasteiger partial charge is 0.313 e. The first-order valence-corrected chi connectivity index (χ1v) is 6.42. The van der Waals surface area contributed by atoms with Gasteiger partial charge in [0, 0.05) is 5.56 Å². The quantitative estimate of drug-likeness (QED) is 0.763. The van der Waals surface area contributed by atoms with Crippen LogP contribution in [0.3, 0.4) is 0 Å². The number of hydrogen-bond donors (Lipinski definition) is 2. The van der Waals surface area contributed by atoms with E-state index in [-0.39, 0.29) is 0 Å². The summed E-state index contributed by atoms with van der Waals surface area (Å²) in [6.45, 7) is 1.62. The molecule has 20 heavy (non-hydrogen) atoms. The lowest BCUT2D eigenvalue weighted by molar-refractivity contribution is -0.138. The molecule has 0 spiro atoms. The van der Waals surface area contributed by atoms with E-state index >= 15 is 0 Å². The van der Waals surface area contributed by atoms with Crippen molar-refractivity contribution in [3.8, 4) is 11.3 Å². The first-order chi connectivity index (χ1) is 9.66. The van der Waals surface area contributed by atoms with Crippen LogP contribution < -0.4 is 0 Å². The van der Waals surface area contributed by atoms with Crippen molar-refractivity contribution in [1.29, 1.82) is 0 Å². The number of hydrogen-bond acceptors (Lipinski definition) is 2. The maximum Gasteiger partial charge on any atom is 0.313 e. The largest absolute Gasteiger partial charge is 0.481 e. The van der Waals surface area contributed by atoms with Crippen LogP contribution in [-0.4, -0.2) is 21.0 Å². The minimum Gasteiger partial charge on any atom is -0.481 e. The van der Waals surface area contributed by atoms with E-state index in [9.17, 15) is 4.79 Å². The Hall–Kier alpha value is -2.62. The van der Waals surface area contributed by atoms with Gasteiger partial charge in [-0.05, 0) is 17.7 Å². The maximum absolute atomic E-state index is 11.0. The lowest BCUT2D eigenvalue weighted by atomic mass is 10.0. The molecule has 0 aliphatic carbocycles. The molecule has 0 aliphatic rings. The number of carboxylic acid groups (broad SMARTS) is 1. The minimum absolute atomic E-state index is 0.473. The molecule has 1 aromatic heterocycles. The second-order valence-electron chi connectivity index (χ2n) is 4.77. The zero-order chi connectivity index (χ0) is 14.1. The standard InChI is InChI=1S/C16H14N2O2/c1-10(16(19)20)15-17-9-14(18-15)13-8-4-6-11-5-2-3-7-12(11)13/h2-10H,1H3,(H,17,18)(H,19,20).